The van der Waals surface area contributed by atoms with E-state index in [4.69, 9.17) is 5.10 Å². The molecule has 4 rings (SSSR count). The minimum absolute atomic E-state index is 0.0251. The van der Waals surface area contributed by atoms with Crippen LogP contribution in [-0.4, -0.2) is 51.8 Å². The lowest BCUT2D eigenvalue weighted by Gasteiger charge is -2.36. The van der Waals surface area contributed by atoms with E-state index in [0.717, 1.165) is 31.6 Å². The molecule has 3 heterocycles. The summed E-state index contributed by atoms with van der Waals surface area (Å²) in [5.41, 5.74) is 1.58. The average Bonchev–Trinajstić information content (AvgIpc) is 3.36. The van der Waals surface area contributed by atoms with Crippen molar-refractivity contribution in [1.82, 2.24) is 19.7 Å². The second kappa shape index (κ2) is 7.17. The number of rotatable bonds is 4. The van der Waals surface area contributed by atoms with Gasteiger partial charge in [-0.25, -0.2) is 4.68 Å². The fourth-order valence-corrected chi connectivity index (χ4v) is 3.47. The maximum Gasteiger partial charge on any atom is 0.276 e. The molecule has 0 saturated carbocycles. The van der Waals surface area contributed by atoms with Gasteiger partial charge in [-0.15, -0.1) is 5.10 Å². The zero-order valence-corrected chi connectivity index (χ0v) is 14.9. The molecule has 1 aromatic carbocycles. The number of carbonyl (C=O) groups is 1. The number of piperidine rings is 1. The van der Waals surface area contributed by atoms with Crippen molar-refractivity contribution in [1.29, 1.82) is 0 Å². The molecule has 0 unspecified atom stereocenters. The van der Waals surface area contributed by atoms with Crippen LogP contribution in [0.4, 0.5) is 5.82 Å². The van der Waals surface area contributed by atoms with Crippen molar-refractivity contribution < 1.29 is 4.79 Å². The highest BCUT2D eigenvalue weighted by Gasteiger charge is 2.31. The van der Waals surface area contributed by atoms with E-state index in [1.807, 2.05) is 64.3 Å². The largest absolute Gasteiger partial charge is 0.357 e. The summed E-state index contributed by atoms with van der Waals surface area (Å²) in [7, 11) is 2.12. The lowest BCUT2D eigenvalue weighted by molar-refractivity contribution is 0.0958. The third-order valence-corrected chi connectivity index (χ3v) is 4.94. The van der Waals surface area contributed by atoms with E-state index in [2.05, 4.69) is 16.9 Å². The summed E-state index contributed by atoms with van der Waals surface area (Å²) >= 11 is 0. The number of carbonyl (C=O) groups excluding carboxylic acids is 1. The van der Waals surface area contributed by atoms with E-state index >= 15 is 0 Å². The molecule has 0 aliphatic carbocycles. The first-order valence-corrected chi connectivity index (χ1v) is 8.99. The summed E-state index contributed by atoms with van der Waals surface area (Å²) in [6, 6.07) is 15.7. The molecule has 6 heteroatoms. The van der Waals surface area contributed by atoms with Crippen molar-refractivity contribution in [3.8, 4) is 5.69 Å². The van der Waals surface area contributed by atoms with Gasteiger partial charge in [0.1, 0.15) is 5.69 Å². The van der Waals surface area contributed by atoms with Crippen LogP contribution in [0.25, 0.3) is 5.69 Å². The summed E-state index contributed by atoms with van der Waals surface area (Å²) in [6.45, 7) is 1.97. The molecule has 2 aromatic heterocycles. The van der Waals surface area contributed by atoms with E-state index in [1.165, 1.54) is 0 Å². The van der Waals surface area contributed by atoms with Crippen molar-refractivity contribution in [2.24, 2.45) is 0 Å². The number of anilines is 1. The van der Waals surface area contributed by atoms with Crippen LogP contribution in [-0.2, 0) is 0 Å². The number of amides is 1. The average molecular weight is 349 g/mol. The number of H-pyrrole nitrogens is 1. The third kappa shape index (κ3) is 3.28. The highest BCUT2D eigenvalue weighted by molar-refractivity contribution is 6.04. The molecule has 1 N–H and O–H groups in total. The van der Waals surface area contributed by atoms with Gasteiger partial charge in [-0.2, -0.15) is 0 Å². The van der Waals surface area contributed by atoms with E-state index < -0.39 is 0 Å². The molecule has 3 aromatic rings. The predicted octanol–water partition coefficient (Wildman–Crippen LogP) is 2.94. The van der Waals surface area contributed by atoms with Crippen LogP contribution in [0.15, 0.2) is 60.9 Å². The van der Waals surface area contributed by atoms with E-state index in [-0.39, 0.29) is 11.9 Å². The molecule has 0 spiro atoms. The molecule has 134 valence electrons. The molecule has 26 heavy (non-hydrogen) atoms. The number of benzene rings is 1. The van der Waals surface area contributed by atoms with Crippen LogP contribution in [0.5, 0.6) is 0 Å². The molecule has 6 nitrogen and oxygen atoms in total. The first kappa shape index (κ1) is 16.6. The molecule has 0 atom stereocenters. The third-order valence-electron chi connectivity index (χ3n) is 4.94. The molecular weight excluding hydrogens is 326 g/mol. The highest BCUT2D eigenvalue weighted by atomic mass is 16.2. The number of aromatic amines is 1. The van der Waals surface area contributed by atoms with Crippen molar-refractivity contribution >= 4 is 11.7 Å². The molecule has 1 aliphatic heterocycles. The Kier molecular flexibility index (Phi) is 4.58. The SMILES string of the molecule is CN1CCC(N(C(=O)c2ccc[nH]2)c2ccn(-c3ccccc3)n2)CC1. The normalized spacial score (nSPS) is 15.9. The first-order valence-electron chi connectivity index (χ1n) is 8.99. The summed E-state index contributed by atoms with van der Waals surface area (Å²) in [5, 5.41) is 4.70. The standard InChI is InChI=1S/C20H23N5O/c1-23-13-9-17(10-14-23)25(20(26)18-8-5-12-21-18)19-11-15-24(22-19)16-6-3-2-4-7-16/h2-8,11-12,15,17,21H,9-10,13-14H2,1H3. The smallest absolute Gasteiger partial charge is 0.276 e. The second-order valence-electron chi connectivity index (χ2n) is 6.75. The number of likely N-dealkylation sites (tertiary alicyclic amines) is 1. The minimum atomic E-state index is -0.0251. The quantitative estimate of drug-likeness (QED) is 0.788. The van der Waals surface area contributed by atoms with Gasteiger partial charge in [0.25, 0.3) is 5.91 Å². The number of para-hydroxylation sites is 1. The molecule has 0 bridgehead atoms. The Morgan fingerprint density at radius 1 is 1.12 bits per heavy atom. The summed E-state index contributed by atoms with van der Waals surface area (Å²) < 4.78 is 1.82. The van der Waals surface area contributed by atoms with Gasteiger partial charge in [-0.1, -0.05) is 18.2 Å². The van der Waals surface area contributed by atoms with E-state index in [9.17, 15) is 4.79 Å². The van der Waals surface area contributed by atoms with Gasteiger partial charge in [-0.05, 0) is 57.2 Å². The van der Waals surface area contributed by atoms with Crippen LogP contribution >= 0.6 is 0 Å². The summed E-state index contributed by atoms with van der Waals surface area (Å²) in [6.07, 6.45) is 5.58. The van der Waals surface area contributed by atoms with Gasteiger partial charge < -0.3 is 9.88 Å². The van der Waals surface area contributed by atoms with Crippen molar-refractivity contribution in [2.45, 2.75) is 18.9 Å². The Labute approximate surface area is 153 Å². The fourth-order valence-electron chi connectivity index (χ4n) is 3.47. The zero-order valence-electron chi connectivity index (χ0n) is 14.9. The van der Waals surface area contributed by atoms with Crippen LogP contribution < -0.4 is 4.90 Å². The number of hydrogen-bond acceptors (Lipinski definition) is 3. The number of aromatic nitrogens is 3. The van der Waals surface area contributed by atoms with Gasteiger partial charge in [0.15, 0.2) is 5.82 Å². The van der Waals surface area contributed by atoms with Crippen molar-refractivity contribution in [3.05, 3.63) is 66.6 Å². The zero-order chi connectivity index (χ0) is 17.9. The lowest BCUT2D eigenvalue weighted by Crippen LogP contribution is -2.47. The Hall–Kier alpha value is -2.86. The second-order valence-corrected chi connectivity index (χ2v) is 6.75. The molecule has 1 saturated heterocycles. The monoisotopic (exact) mass is 349 g/mol. The molecular formula is C20H23N5O. The minimum Gasteiger partial charge on any atom is -0.357 e. The molecule has 1 aliphatic rings. The van der Waals surface area contributed by atoms with Gasteiger partial charge in [0.2, 0.25) is 0 Å². The van der Waals surface area contributed by atoms with Crippen LogP contribution in [0, 0.1) is 0 Å². The van der Waals surface area contributed by atoms with E-state index in [1.54, 1.807) is 6.20 Å². The summed E-state index contributed by atoms with van der Waals surface area (Å²) in [5.74, 6) is 0.672. The van der Waals surface area contributed by atoms with Gasteiger partial charge in [0, 0.05) is 24.5 Å². The summed E-state index contributed by atoms with van der Waals surface area (Å²) in [4.78, 5) is 20.4. The van der Waals surface area contributed by atoms with Crippen LogP contribution in [0.3, 0.4) is 0 Å². The predicted molar refractivity (Wildman–Crippen MR) is 102 cm³/mol. The van der Waals surface area contributed by atoms with Crippen molar-refractivity contribution in [3.63, 3.8) is 0 Å². The highest BCUT2D eigenvalue weighted by Crippen LogP contribution is 2.24. The topological polar surface area (TPSA) is 57.2 Å². The maximum atomic E-state index is 13.2. The molecule has 0 radical (unpaired) electrons. The molecule has 1 amide bonds. The van der Waals surface area contributed by atoms with Crippen LogP contribution in [0.1, 0.15) is 23.3 Å². The van der Waals surface area contributed by atoms with Crippen molar-refractivity contribution in [2.75, 3.05) is 25.0 Å². The number of nitrogens with one attached hydrogen (secondary N) is 1. The van der Waals surface area contributed by atoms with Gasteiger partial charge in [0.05, 0.1) is 5.69 Å². The molecule has 1 fully saturated rings. The lowest BCUT2D eigenvalue weighted by atomic mass is 10.0. The fraction of sp³-hybridized carbons (Fsp3) is 0.300. The van der Waals surface area contributed by atoms with Gasteiger partial charge >= 0.3 is 0 Å². The Balaban J connectivity index is 1.67. The number of hydrogen-bond donors (Lipinski definition) is 1. The van der Waals surface area contributed by atoms with Gasteiger partial charge in [-0.3, -0.25) is 9.69 Å². The first-order chi connectivity index (χ1) is 12.7. The Morgan fingerprint density at radius 2 is 1.88 bits per heavy atom. The Bertz CT molecular complexity index is 847. The Morgan fingerprint density at radius 3 is 2.58 bits per heavy atom. The maximum absolute atomic E-state index is 13.2. The number of nitrogens with zero attached hydrogens (tertiary/aromatic N) is 4. The van der Waals surface area contributed by atoms with Crippen LogP contribution in [0.2, 0.25) is 0 Å². The van der Waals surface area contributed by atoms with E-state index in [0.29, 0.717) is 11.5 Å².